The zero-order valence-corrected chi connectivity index (χ0v) is 10.5. The second-order valence-electron chi connectivity index (χ2n) is 3.30. The lowest BCUT2D eigenvalue weighted by Gasteiger charge is -2.05. The lowest BCUT2D eigenvalue weighted by Crippen LogP contribution is -2.06. The Hall–Kier alpha value is -1.69. The van der Waals surface area contributed by atoms with Gasteiger partial charge in [0.2, 0.25) is 0 Å². The molecule has 6 heteroatoms. The monoisotopic (exact) mass is 251 g/mol. The van der Waals surface area contributed by atoms with Crippen LogP contribution in [0.5, 0.6) is 0 Å². The van der Waals surface area contributed by atoms with Crippen molar-refractivity contribution in [2.45, 2.75) is 13.8 Å². The van der Waals surface area contributed by atoms with Crippen LogP contribution in [0.2, 0.25) is 0 Å². The molecule has 2 rings (SSSR count). The number of anilines is 1. The van der Waals surface area contributed by atoms with Gasteiger partial charge >= 0.3 is 5.97 Å². The molecule has 0 atom stereocenters. The molecule has 0 aliphatic heterocycles. The molecule has 1 N–H and O–H groups in total. The Bertz CT molecular complexity index is 538. The summed E-state index contributed by atoms with van der Waals surface area (Å²) in [7, 11) is 0. The van der Waals surface area contributed by atoms with Gasteiger partial charge in [-0.1, -0.05) is 0 Å². The number of nitrogens with one attached hydrogen (secondary N) is 1. The van der Waals surface area contributed by atoms with E-state index in [1.54, 1.807) is 12.3 Å². The lowest BCUT2D eigenvalue weighted by molar-refractivity contribution is 0.0529. The average Bonchev–Trinajstić information content (AvgIpc) is 2.74. The van der Waals surface area contributed by atoms with Crippen molar-refractivity contribution in [1.82, 2.24) is 9.97 Å². The first-order chi connectivity index (χ1) is 8.27. The van der Waals surface area contributed by atoms with E-state index < -0.39 is 0 Å². The van der Waals surface area contributed by atoms with Crippen LogP contribution in [0, 0.1) is 0 Å². The number of ether oxygens (including phenoxy) is 1. The van der Waals surface area contributed by atoms with E-state index in [4.69, 9.17) is 4.74 Å². The van der Waals surface area contributed by atoms with Crippen LogP contribution in [0.4, 0.5) is 5.82 Å². The van der Waals surface area contributed by atoms with Crippen molar-refractivity contribution in [3.8, 4) is 0 Å². The highest BCUT2D eigenvalue weighted by molar-refractivity contribution is 7.17. The maximum atomic E-state index is 11.8. The Morgan fingerprint density at radius 1 is 1.47 bits per heavy atom. The van der Waals surface area contributed by atoms with Gasteiger partial charge in [-0.3, -0.25) is 0 Å². The molecule has 0 aliphatic carbocycles. The van der Waals surface area contributed by atoms with E-state index in [0.717, 1.165) is 16.8 Å². The van der Waals surface area contributed by atoms with Gasteiger partial charge < -0.3 is 10.1 Å². The molecular weight excluding hydrogens is 238 g/mol. The Kier molecular flexibility index (Phi) is 3.53. The summed E-state index contributed by atoms with van der Waals surface area (Å²) in [4.78, 5) is 20.9. The van der Waals surface area contributed by atoms with Crippen LogP contribution >= 0.6 is 11.3 Å². The average molecular weight is 251 g/mol. The van der Waals surface area contributed by atoms with Crippen LogP contribution in [0.3, 0.4) is 0 Å². The predicted octanol–water partition coefficient (Wildman–Crippen LogP) is 2.30. The molecule has 2 aromatic heterocycles. The highest BCUT2D eigenvalue weighted by Gasteiger charge is 2.17. The number of rotatable bonds is 4. The number of aromatic nitrogens is 2. The first-order valence-corrected chi connectivity index (χ1v) is 6.29. The lowest BCUT2D eigenvalue weighted by atomic mass is 10.2. The van der Waals surface area contributed by atoms with Gasteiger partial charge in [0, 0.05) is 11.9 Å². The number of esters is 1. The maximum absolute atomic E-state index is 11.8. The van der Waals surface area contributed by atoms with Gasteiger partial charge in [-0.05, 0) is 13.8 Å². The molecule has 2 aromatic rings. The van der Waals surface area contributed by atoms with E-state index in [1.807, 2.05) is 6.92 Å². The van der Waals surface area contributed by atoms with Crippen LogP contribution in [0.25, 0.3) is 10.2 Å². The molecule has 5 nitrogen and oxygen atoms in total. The molecule has 0 radical (unpaired) electrons. The largest absolute Gasteiger partial charge is 0.462 e. The fraction of sp³-hybridized carbons (Fsp3) is 0.364. The second-order valence-corrected chi connectivity index (χ2v) is 4.16. The van der Waals surface area contributed by atoms with Gasteiger partial charge in [0.05, 0.1) is 17.6 Å². The van der Waals surface area contributed by atoms with Crippen molar-refractivity contribution < 1.29 is 9.53 Å². The molecular formula is C11H13N3O2S. The minimum atomic E-state index is -0.326. The quantitative estimate of drug-likeness (QED) is 0.845. The van der Waals surface area contributed by atoms with E-state index in [0.29, 0.717) is 18.0 Å². The van der Waals surface area contributed by atoms with Crippen molar-refractivity contribution in [1.29, 1.82) is 0 Å². The van der Waals surface area contributed by atoms with Crippen LogP contribution in [-0.4, -0.2) is 29.1 Å². The summed E-state index contributed by atoms with van der Waals surface area (Å²) < 4.78 is 5.01. The predicted molar refractivity (Wildman–Crippen MR) is 67.5 cm³/mol. The van der Waals surface area contributed by atoms with E-state index in [2.05, 4.69) is 15.3 Å². The van der Waals surface area contributed by atoms with Gasteiger partial charge in [-0.2, -0.15) is 0 Å². The van der Waals surface area contributed by atoms with Gasteiger partial charge in [0.25, 0.3) is 0 Å². The minimum Gasteiger partial charge on any atom is -0.462 e. The molecule has 0 amide bonds. The highest BCUT2D eigenvalue weighted by atomic mass is 32.1. The molecule has 90 valence electrons. The third-order valence-corrected chi connectivity index (χ3v) is 3.10. The van der Waals surface area contributed by atoms with Crippen molar-refractivity contribution in [3.63, 3.8) is 0 Å². The fourth-order valence-corrected chi connectivity index (χ4v) is 2.41. The number of nitrogens with zero attached hydrogens (tertiary/aromatic N) is 2. The topological polar surface area (TPSA) is 64.1 Å². The Morgan fingerprint density at radius 2 is 2.29 bits per heavy atom. The molecule has 0 unspecified atom stereocenters. The summed E-state index contributed by atoms with van der Waals surface area (Å²) in [5.41, 5.74) is 0.531. The molecule has 0 bridgehead atoms. The molecule has 0 aromatic carbocycles. The molecule has 0 aliphatic rings. The zero-order chi connectivity index (χ0) is 12.3. The van der Waals surface area contributed by atoms with Gasteiger partial charge in [0.15, 0.2) is 0 Å². The SMILES string of the molecule is CCNc1ncnc2scc(C(=O)OCC)c12. The van der Waals surface area contributed by atoms with E-state index >= 15 is 0 Å². The Labute approximate surface area is 103 Å². The first kappa shape index (κ1) is 11.8. The number of thiophene rings is 1. The smallest absolute Gasteiger partial charge is 0.339 e. The van der Waals surface area contributed by atoms with Gasteiger partial charge in [-0.25, -0.2) is 14.8 Å². The van der Waals surface area contributed by atoms with E-state index in [9.17, 15) is 4.79 Å². The summed E-state index contributed by atoms with van der Waals surface area (Å²) >= 11 is 1.42. The molecule has 2 heterocycles. The summed E-state index contributed by atoms with van der Waals surface area (Å²) in [5, 5.41) is 5.63. The Balaban J connectivity index is 2.52. The molecule has 0 spiro atoms. The van der Waals surface area contributed by atoms with Crippen LogP contribution in [-0.2, 0) is 4.74 Å². The number of carbonyl (C=O) groups excluding carboxylic acids is 1. The third kappa shape index (κ3) is 2.21. The van der Waals surface area contributed by atoms with E-state index in [-0.39, 0.29) is 5.97 Å². The summed E-state index contributed by atoms with van der Waals surface area (Å²) in [5.74, 6) is 0.356. The highest BCUT2D eigenvalue weighted by Crippen LogP contribution is 2.29. The maximum Gasteiger partial charge on any atom is 0.339 e. The van der Waals surface area contributed by atoms with Gasteiger partial charge in [-0.15, -0.1) is 11.3 Å². The van der Waals surface area contributed by atoms with Crippen LogP contribution in [0.15, 0.2) is 11.7 Å². The first-order valence-electron chi connectivity index (χ1n) is 5.41. The molecule has 0 saturated heterocycles. The third-order valence-electron chi connectivity index (χ3n) is 2.21. The number of hydrogen-bond acceptors (Lipinski definition) is 6. The minimum absolute atomic E-state index is 0.326. The van der Waals surface area contributed by atoms with Crippen LogP contribution in [0.1, 0.15) is 24.2 Å². The van der Waals surface area contributed by atoms with Crippen molar-refractivity contribution >= 4 is 33.3 Å². The second kappa shape index (κ2) is 5.09. The standard InChI is InChI=1S/C11H13N3O2S/c1-3-12-9-8-7(11(15)16-4-2)5-17-10(8)14-6-13-9/h5-6H,3-4H2,1-2H3,(H,12,13,14). The fourth-order valence-electron chi connectivity index (χ4n) is 1.54. The molecule has 17 heavy (non-hydrogen) atoms. The number of hydrogen-bond donors (Lipinski definition) is 1. The summed E-state index contributed by atoms with van der Waals surface area (Å²) in [6.45, 7) is 4.86. The summed E-state index contributed by atoms with van der Waals surface area (Å²) in [6.07, 6.45) is 1.49. The van der Waals surface area contributed by atoms with E-state index in [1.165, 1.54) is 17.7 Å². The normalized spacial score (nSPS) is 10.5. The number of fused-ring (bicyclic) bond motifs is 1. The molecule has 0 saturated carbocycles. The van der Waals surface area contributed by atoms with Crippen molar-refractivity contribution in [3.05, 3.63) is 17.3 Å². The molecule has 0 fully saturated rings. The zero-order valence-electron chi connectivity index (χ0n) is 9.69. The summed E-state index contributed by atoms with van der Waals surface area (Å²) in [6, 6.07) is 0. The number of carbonyl (C=O) groups is 1. The Morgan fingerprint density at radius 3 is 3.00 bits per heavy atom. The van der Waals surface area contributed by atoms with Crippen LogP contribution < -0.4 is 5.32 Å². The van der Waals surface area contributed by atoms with Crippen molar-refractivity contribution in [2.24, 2.45) is 0 Å². The van der Waals surface area contributed by atoms with Gasteiger partial charge in [0.1, 0.15) is 17.0 Å². The van der Waals surface area contributed by atoms with Crippen molar-refractivity contribution in [2.75, 3.05) is 18.5 Å².